The number of anilines is 2. The van der Waals surface area contributed by atoms with Crippen molar-refractivity contribution in [1.29, 1.82) is 0 Å². The van der Waals surface area contributed by atoms with E-state index in [1.54, 1.807) is 17.4 Å². The maximum atomic E-state index is 5.76. The van der Waals surface area contributed by atoms with Crippen LogP contribution in [0.3, 0.4) is 0 Å². The van der Waals surface area contributed by atoms with Crippen molar-refractivity contribution in [2.24, 2.45) is 0 Å². The van der Waals surface area contributed by atoms with Crippen LogP contribution in [0.25, 0.3) is 0 Å². The maximum absolute atomic E-state index is 5.76. The van der Waals surface area contributed by atoms with E-state index in [1.165, 1.54) is 4.88 Å². The fourth-order valence-corrected chi connectivity index (χ4v) is 2.18. The summed E-state index contributed by atoms with van der Waals surface area (Å²) in [6, 6.07) is 3.62. The molecular weight excluding hydrogens is 248 g/mol. The van der Waals surface area contributed by atoms with Crippen molar-refractivity contribution in [3.8, 4) is 5.88 Å². The fraction of sp³-hybridized carbons (Fsp3) is 0.333. The lowest BCUT2D eigenvalue weighted by molar-refractivity contribution is 0.329. The highest BCUT2D eigenvalue weighted by Crippen LogP contribution is 2.21. The highest BCUT2D eigenvalue weighted by atomic mass is 32.1. The van der Waals surface area contributed by atoms with Crippen molar-refractivity contribution in [3.63, 3.8) is 0 Å². The molecule has 5 nitrogen and oxygen atoms in total. The first-order valence-corrected chi connectivity index (χ1v) is 6.55. The van der Waals surface area contributed by atoms with Gasteiger partial charge >= 0.3 is 0 Å². The Morgan fingerprint density at radius 1 is 1.44 bits per heavy atom. The second-order valence-electron chi connectivity index (χ2n) is 3.74. The Balaban J connectivity index is 2.03. The number of hydrogen-bond acceptors (Lipinski definition) is 6. The molecule has 0 saturated heterocycles. The van der Waals surface area contributed by atoms with Gasteiger partial charge < -0.3 is 15.8 Å². The monoisotopic (exact) mass is 264 g/mol. The van der Waals surface area contributed by atoms with Crippen molar-refractivity contribution >= 4 is 22.8 Å². The molecule has 2 heterocycles. The Morgan fingerprint density at radius 2 is 2.28 bits per heavy atom. The highest BCUT2D eigenvalue weighted by Gasteiger charge is 2.04. The van der Waals surface area contributed by atoms with E-state index in [0.717, 1.165) is 10.8 Å². The van der Waals surface area contributed by atoms with Gasteiger partial charge in [-0.05, 0) is 26.0 Å². The number of pyridine rings is 1. The third kappa shape index (κ3) is 3.10. The van der Waals surface area contributed by atoms with Crippen LogP contribution in [-0.2, 0) is 6.54 Å². The van der Waals surface area contributed by atoms with Crippen LogP contribution in [0.5, 0.6) is 5.88 Å². The number of aryl methyl sites for hydroxylation is 1. The van der Waals surface area contributed by atoms with Crippen molar-refractivity contribution in [2.75, 3.05) is 17.7 Å². The number of rotatable bonds is 5. The van der Waals surface area contributed by atoms with Gasteiger partial charge in [-0.25, -0.2) is 4.98 Å². The largest absolute Gasteiger partial charge is 0.476 e. The standard InChI is InChI=1S/C12H16N4OS/c1-3-17-12-9(13)4-5-10(16-12)14-7-11-15-6-8(2)18-11/h4-6H,3,7,13H2,1-2H3,(H,14,16). The summed E-state index contributed by atoms with van der Waals surface area (Å²) in [5, 5.41) is 4.23. The van der Waals surface area contributed by atoms with E-state index in [0.29, 0.717) is 24.7 Å². The number of nitrogens with zero attached hydrogens (tertiary/aromatic N) is 2. The van der Waals surface area contributed by atoms with Gasteiger partial charge in [0.1, 0.15) is 10.8 Å². The summed E-state index contributed by atoms with van der Waals surface area (Å²) in [4.78, 5) is 9.78. The maximum Gasteiger partial charge on any atom is 0.239 e. The van der Waals surface area contributed by atoms with Gasteiger partial charge in [-0.1, -0.05) is 0 Å². The number of nitrogens with one attached hydrogen (secondary N) is 1. The summed E-state index contributed by atoms with van der Waals surface area (Å²) < 4.78 is 5.34. The summed E-state index contributed by atoms with van der Waals surface area (Å²) in [5.74, 6) is 1.21. The second-order valence-corrected chi connectivity index (χ2v) is 5.06. The molecule has 2 rings (SSSR count). The zero-order valence-electron chi connectivity index (χ0n) is 10.4. The molecule has 6 heteroatoms. The smallest absolute Gasteiger partial charge is 0.239 e. The fourth-order valence-electron chi connectivity index (χ4n) is 1.45. The van der Waals surface area contributed by atoms with E-state index >= 15 is 0 Å². The number of hydrogen-bond donors (Lipinski definition) is 2. The van der Waals surface area contributed by atoms with Crippen LogP contribution in [0.2, 0.25) is 0 Å². The Hall–Kier alpha value is -1.82. The minimum Gasteiger partial charge on any atom is -0.476 e. The van der Waals surface area contributed by atoms with Crippen LogP contribution in [0.4, 0.5) is 11.5 Å². The molecule has 0 atom stereocenters. The summed E-state index contributed by atoms with van der Waals surface area (Å²) in [6.45, 7) is 5.14. The molecule has 0 aromatic carbocycles. The summed E-state index contributed by atoms with van der Waals surface area (Å²) in [5.41, 5.74) is 6.31. The van der Waals surface area contributed by atoms with Crippen molar-refractivity contribution in [3.05, 3.63) is 28.2 Å². The first-order chi connectivity index (χ1) is 8.69. The summed E-state index contributed by atoms with van der Waals surface area (Å²) in [6.07, 6.45) is 1.86. The molecule has 96 valence electrons. The molecule has 2 aromatic rings. The van der Waals surface area contributed by atoms with Crippen LogP contribution >= 0.6 is 11.3 Å². The Labute approximate surface area is 110 Å². The van der Waals surface area contributed by atoms with Gasteiger partial charge in [0.15, 0.2) is 0 Å². The van der Waals surface area contributed by atoms with Gasteiger partial charge in [0.2, 0.25) is 5.88 Å². The van der Waals surface area contributed by atoms with Crippen molar-refractivity contribution in [1.82, 2.24) is 9.97 Å². The third-order valence-electron chi connectivity index (χ3n) is 2.26. The molecule has 0 radical (unpaired) electrons. The van der Waals surface area contributed by atoms with Gasteiger partial charge in [-0.15, -0.1) is 11.3 Å². The number of aromatic nitrogens is 2. The molecule has 0 amide bonds. The quantitative estimate of drug-likeness (QED) is 0.867. The molecule has 18 heavy (non-hydrogen) atoms. The van der Waals surface area contributed by atoms with E-state index < -0.39 is 0 Å². The summed E-state index contributed by atoms with van der Waals surface area (Å²) >= 11 is 1.67. The minimum absolute atomic E-state index is 0.470. The van der Waals surface area contributed by atoms with Crippen LogP contribution in [0, 0.1) is 6.92 Å². The Bertz CT molecular complexity index is 527. The number of thiazole rings is 1. The van der Waals surface area contributed by atoms with Gasteiger partial charge in [0.25, 0.3) is 0 Å². The highest BCUT2D eigenvalue weighted by molar-refractivity contribution is 7.11. The third-order valence-corrected chi connectivity index (χ3v) is 3.17. The average Bonchev–Trinajstić information content (AvgIpc) is 2.76. The molecule has 0 aliphatic rings. The Morgan fingerprint density at radius 3 is 2.94 bits per heavy atom. The average molecular weight is 264 g/mol. The summed E-state index contributed by atoms with van der Waals surface area (Å²) in [7, 11) is 0. The zero-order valence-corrected chi connectivity index (χ0v) is 11.3. The van der Waals surface area contributed by atoms with Crippen molar-refractivity contribution in [2.45, 2.75) is 20.4 Å². The first-order valence-electron chi connectivity index (χ1n) is 5.73. The predicted octanol–water partition coefficient (Wildman–Crippen LogP) is 2.44. The molecule has 3 N–H and O–H groups in total. The van der Waals surface area contributed by atoms with E-state index in [4.69, 9.17) is 10.5 Å². The number of nitrogens with two attached hydrogens (primary N) is 1. The Kier molecular flexibility index (Phi) is 3.99. The lowest BCUT2D eigenvalue weighted by atomic mass is 10.4. The number of ether oxygens (including phenoxy) is 1. The van der Waals surface area contributed by atoms with E-state index in [2.05, 4.69) is 15.3 Å². The van der Waals surface area contributed by atoms with Crippen LogP contribution in [-0.4, -0.2) is 16.6 Å². The number of nitrogen functional groups attached to an aromatic ring is 1. The molecule has 2 aromatic heterocycles. The molecule has 0 saturated carbocycles. The van der Waals surface area contributed by atoms with Gasteiger partial charge in [-0.2, -0.15) is 4.98 Å². The minimum atomic E-state index is 0.470. The van der Waals surface area contributed by atoms with E-state index in [-0.39, 0.29) is 0 Å². The van der Waals surface area contributed by atoms with Crippen LogP contribution in [0.15, 0.2) is 18.3 Å². The van der Waals surface area contributed by atoms with Gasteiger partial charge in [-0.3, -0.25) is 0 Å². The topological polar surface area (TPSA) is 73.1 Å². The normalized spacial score (nSPS) is 10.3. The van der Waals surface area contributed by atoms with Gasteiger partial charge in [0, 0.05) is 11.1 Å². The van der Waals surface area contributed by atoms with Crippen LogP contribution < -0.4 is 15.8 Å². The SMILES string of the molecule is CCOc1nc(NCc2ncc(C)s2)ccc1N. The molecule has 0 unspecified atom stereocenters. The second kappa shape index (κ2) is 5.68. The lowest BCUT2D eigenvalue weighted by Crippen LogP contribution is -2.04. The molecule has 0 bridgehead atoms. The molecule has 0 spiro atoms. The molecule has 0 fully saturated rings. The molecule has 0 aliphatic carbocycles. The predicted molar refractivity (Wildman–Crippen MR) is 74.0 cm³/mol. The van der Waals surface area contributed by atoms with E-state index in [9.17, 15) is 0 Å². The molecular formula is C12H16N4OS. The van der Waals surface area contributed by atoms with Gasteiger partial charge in [0.05, 0.1) is 18.8 Å². The van der Waals surface area contributed by atoms with Crippen molar-refractivity contribution < 1.29 is 4.74 Å². The van der Waals surface area contributed by atoms with Crippen LogP contribution in [0.1, 0.15) is 16.8 Å². The zero-order chi connectivity index (χ0) is 13.0. The first kappa shape index (κ1) is 12.6. The van der Waals surface area contributed by atoms with E-state index in [1.807, 2.05) is 26.1 Å². The molecule has 0 aliphatic heterocycles. The lowest BCUT2D eigenvalue weighted by Gasteiger charge is -2.08.